The number of rotatable bonds is 1. The molecule has 6 heteroatoms. The topological polar surface area (TPSA) is 71.5 Å². The smallest absolute Gasteiger partial charge is 0.238 e. The third kappa shape index (κ3) is 1.86. The van der Waals surface area contributed by atoms with Crippen molar-refractivity contribution < 1.29 is 19.2 Å². The Balaban J connectivity index is 1.79. The van der Waals surface area contributed by atoms with Crippen molar-refractivity contribution in [3.05, 3.63) is 28.8 Å². The van der Waals surface area contributed by atoms with Gasteiger partial charge in [-0.3, -0.25) is 19.2 Å². The molecule has 4 atom stereocenters. The van der Waals surface area contributed by atoms with E-state index in [1.807, 2.05) is 6.92 Å². The maximum absolute atomic E-state index is 12.8. The molecule has 1 heterocycles. The van der Waals surface area contributed by atoms with Crippen molar-refractivity contribution in [3.63, 3.8) is 0 Å². The molecule has 0 radical (unpaired) electrons. The Morgan fingerprint density at radius 1 is 0.957 bits per heavy atom. The first-order chi connectivity index (χ1) is 10.9. The lowest BCUT2D eigenvalue weighted by Crippen LogP contribution is -2.51. The number of carbonyl (C=O) groups is 4. The third-order valence-corrected chi connectivity index (χ3v) is 5.76. The van der Waals surface area contributed by atoms with Gasteiger partial charge in [0.25, 0.3) is 0 Å². The van der Waals surface area contributed by atoms with Crippen molar-refractivity contribution in [1.29, 1.82) is 0 Å². The maximum Gasteiger partial charge on any atom is 0.238 e. The Morgan fingerprint density at radius 2 is 1.48 bits per heavy atom. The van der Waals surface area contributed by atoms with Crippen LogP contribution in [0.15, 0.2) is 18.2 Å². The molecule has 1 aromatic rings. The highest BCUT2D eigenvalue weighted by atomic mass is 35.5. The van der Waals surface area contributed by atoms with Gasteiger partial charge >= 0.3 is 0 Å². The number of nitrogens with zero attached hydrogens (tertiary/aromatic N) is 1. The Bertz CT molecular complexity index is 747. The molecular weight excluding hydrogens is 318 g/mol. The van der Waals surface area contributed by atoms with Crippen LogP contribution in [0.2, 0.25) is 5.02 Å². The summed E-state index contributed by atoms with van der Waals surface area (Å²) in [4.78, 5) is 50.8. The number of ketones is 2. The average molecular weight is 332 g/mol. The number of hydrogen-bond donors (Lipinski definition) is 0. The molecule has 3 saturated carbocycles. The van der Waals surface area contributed by atoms with Crippen molar-refractivity contribution in [2.75, 3.05) is 4.90 Å². The Hall–Kier alpha value is -2.01. The lowest BCUT2D eigenvalue weighted by Gasteiger charge is -2.40. The van der Waals surface area contributed by atoms with Crippen molar-refractivity contribution in [2.24, 2.45) is 23.7 Å². The van der Waals surface area contributed by atoms with Crippen LogP contribution in [-0.4, -0.2) is 23.4 Å². The molecule has 0 N–H and O–H groups in total. The molecule has 2 amide bonds. The van der Waals surface area contributed by atoms with Crippen molar-refractivity contribution in [1.82, 2.24) is 0 Å². The molecule has 1 aliphatic heterocycles. The number of Topliss-reactive ketones (excluding diaryl/α,β-unsaturated/α-hetero) is 2. The van der Waals surface area contributed by atoms with Crippen LogP contribution in [0.25, 0.3) is 0 Å². The second-order valence-corrected chi connectivity index (χ2v) is 6.96. The summed E-state index contributed by atoms with van der Waals surface area (Å²) in [6, 6.07) is 4.99. The highest BCUT2D eigenvalue weighted by Gasteiger charge is 2.63. The van der Waals surface area contributed by atoms with Gasteiger partial charge in [0.15, 0.2) is 0 Å². The first kappa shape index (κ1) is 14.6. The van der Waals surface area contributed by atoms with Crippen molar-refractivity contribution in [2.45, 2.75) is 19.8 Å². The van der Waals surface area contributed by atoms with Crippen LogP contribution in [0, 0.1) is 30.6 Å². The molecule has 3 aliphatic carbocycles. The monoisotopic (exact) mass is 331 g/mol. The first-order valence-electron chi connectivity index (χ1n) is 7.59. The minimum absolute atomic E-state index is 0.0687. The minimum Gasteiger partial charge on any atom is -0.299 e. The van der Waals surface area contributed by atoms with E-state index in [0.717, 1.165) is 10.5 Å². The zero-order valence-electron chi connectivity index (χ0n) is 12.4. The maximum atomic E-state index is 12.8. The third-order valence-electron chi connectivity index (χ3n) is 5.35. The summed E-state index contributed by atoms with van der Waals surface area (Å²) in [5.74, 6) is -3.55. The average Bonchev–Trinajstić information content (AvgIpc) is 2.77. The summed E-state index contributed by atoms with van der Waals surface area (Å²) in [7, 11) is 0. The number of imide groups is 1. The van der Waals surface area contributed by atoms with E-state index in [2.05, 4.69) is 0 Å². The number of amides is 2. The van der Waals surface area contributed by atoms with Gasteiger partial charge in [-0.25, -0.2) is 4.90 Å². The summed E-state index contributed by atoms with van der Waals surface area (Å²) in [5.41, 5.74) is 1.25. The molecule has 1 saturated heterocycles. The van der Waals surface area contributed by atoms with Crippen LogP contribution < -0.4 is 4.90 Å². The molecule has 118 valence electrons. The zero-order valence-corrected chi connectivity index (χ0v) is 13.2. The van der Waals surface area contributed by atoms with Crippen LogP contribution in [0.3, 0.4) is 0 Å². The van der Waals surface area contributed by atoms with Gasteiger partial charge in [0.05, 0.1) is 17.5 Å². The number of hydrogen-bond acceptors (Lipinski definition) is 4. The van der Waals surface area contributed by atoms with E-state index in [1.165, 1.54) is 0 Å². The number of fused-ring (bicyclic) bond motifs is 2. The van der Waals surface area contributed by atoms with Crippen LogP contribution in [-0.2, 0) is 19.2 Å². The fourth-order valence-electron chi connectivity index (χ4n) is 4.15. The second-order valence-electron chi connectivity index (χ2n) is 6.55. The van der Waals surface area contributed by atoms with E-state index in [9.17, 15) is 19.2 Å². The molecule has 4 fully saturated rings. The summed E-state index contributed by atoms with van der Waals surface area (Å²) < 4.78 is 0. The van der Waals surface area contributed by atoms with Crippen molar-refractivity contribution >= 4 is 40.7 Å². The van der Waals surface area contributed by atoms with Crippen LogP contribution in [0.1, 0.15) is 18.4 Å². The van der Waals surface area contributed by atoms with Crippen molar-refractivity contribution in [3.8, 4) is 0 Å². The molecule has 0 unspecified atom stereocenters. The van der Waals surface area contributed by atoms with Gasteiger partial charge in [0, 0.05) is 29.7 Å². The van der Waals surface area contributed by atoms with Gasteiger partial charge in [0.1, 0.15) is 11.6 Å². The van der Waals surface area contributed by atoms with Crippen LogP contribution in [0.5, 0.6) is 0 Å². The molecule has 5 rings (SSSR count). The lowest BCUT2D eigenvalue weighted by atomic mass is 9.58. The van der Waals surface area contributed by atoms with Gasteiger partial charge in [-0.1, -0.05) is 17.7 Å². The Labute approximate surface area is 137 Å². The standard InChI is InChI=1S/C17H14ClNO4/c1-7-2-3-8(4-11(7)18)19-16(22)14-9-5-12(20)10(6-13(9)21)15(14)17(19)23/h2-4,9-10,14-15H,5-6H2,1H3/t9-,10-,14-,15+/m1/s1. The number of anilines is 1. The summed E-state index contributed by atoms with van der Waals surface area (Å²) in [6.07, 6.45) is 0.179. The SMILES string of the molecule is Cc1ccc(N2C(=O)[C@@H]3[C@H](C2=O)[C@@H]2CC(=O)[C@H]3CC2=O)cc1Cl. The van der Waals surface area contributed by atoms with Gasteiger partial charge in [-0.2, -0.15) is 0 Å². The van der Waals surface area contributed by atoms with Gasteiger partial charge in [-0.15, -0.1) is 0 Å². The summed E-state index contributed by atoms with van der Waals surface area (Å²) in [5, 5.41) is 0.466. The predicted molar refractivity (Wildman–Crippen MR) is 81.9 cm³/mol. The number of carbonyl (C=O) groups excluding carboxylic acids is 4. The van der Waals surface area contributed by atoms with E-state index < -0.39 is 23.7 Å². The number of halogens is 1. The fraction of sp³-hybridized carbons (Fsp3) is 0.412. The number of benzene rings is 1. The highest BCUT2D eigenvalue weighted by molar-refractivity contribution is 6.32. The summed E-state index contributed by atoms with van der Waals surface area (Å²) in [6.45, 7) is 1.83. The summed E-state index contributed by atoms with van der Waals surface area (Å²) >= 11 is 6.10. The molecule has 5 nitrogen and oxygen atoms in total. The molecule has 4 aliphatic rings. The lowest BCUT2D eigenvalue weighted by molar-refractivity contribution is -0.153. The van der Waals surface area contributed by atoms with E-state index in [0.29, 0.717) is 10.7 Å². The van der Waals surface area contributed by atoms with Crippen LogP contribution in [0.4, 0.5) is 5.69 Å². The quantitative estimate of drug-likeness (QED) is 0.737. The fourth-order valence-corrected chi connectivity index (χ4v) is 4.33. The molecule has 1 aromatic carbocycles. The molecule has 0 spiro atoms. The molecular formula is C17H14ClNO4. The van der Waals surface area contributed by atoms with E-state index >= 15 is 0 Å². The minimum atomic E-state index is -0.688. The van der Waals surface area contributed by atoms with E-state index in [1.54, 1.807) is 18.2 Å². The number of aryl methyl sites for hydroxylation is 1. The molecule has 2 bridgehead atoms. The first-order valence-corrected chi connectivity index (χ1v) is 7.97. The van der Waals surface area contributed by atoms with E-state index in [4.69, 9.17) is 11.6 Å². The van der Waals surface area contributed by atoms with Gasteiger partial charge in [0.2, 0.25) is 11.8 Å². The Kier molecular flexibility index (Phi) is 3.00. The largest absolute Gasteiger partial charge is 0.299 e. The van der Waals surface area contributed by atoms with E-state index in [-0.39, 0.29) is 36.2 Å². The highest BCUT2D eigenvalue weighted by Crippen LogP contribution is 2.50. The second kappa shape index (κ2) is 4.74. The zero-order chi connectivity index (χ0) is 16.5. The predicted octanol–water partition coefficient (Wildman–Crippen LogP) is 1.93. The van der Waals surface area contributed by atoms with Gasteiger partial charge in [-0.05, 0) is 24.6 Å². The molecule has 23 heavy (non-hydrogen) atoms. The van der Waals surface area contributed by atoms with Gasteiger partial charge < -0.3 is 0 Å². The molecule has 0 aromatic heterocycles. The normalized spacial score (nSPS) is 32.7. The van der Waals surface area contributed by atoms with Crippen LogP contribution >= 0.6 is 11.6 Å². The Morgan fingerprint density at radius 3 is 1.96 bits per heavy atom.